The van der Waals surface area contributed by atoms with Gasteiger partial charge in [0, 0.05) is 26.2 Å². The van der Waals surface area contributed by atoms with Crippen LogP contribution >= 0.6 is 0 Å². The van der Waals surface area contributed by atoms with E-state index in [1.165, 1.54) is 77.0 Å². The van der Waals surface area contributed by atoms with Crippen LogP contribution in [0.15, 0.2) is 0 Å². The minimum Gasteiger partial charge on any atom is -0.356 e. The number of hydrogen-bond acceptors (Lipinski definition) is 4. The summed E-state index contributed by atoms with van der Waals surface area (Å²) in [6.07, 6.45) is 18.4. The Morgan fingerprint density at radius 3 is 1.02 bits per heavy atom. The second-order valence-corrected chi connectivity index (χ2v) is 11.1. The van der Waals surface area contributed by atoms with E-state index in [4.69, 9.17) is 21.6 Å². The molecule has 0 bridgehead atoms. The summed E-state index contributed by atoms with van der Waals surface area (Å²) in [6, 6.07) is 0. The van der Waals surface area contributed by atoms with E-state index in [1.54, 1.807) is 0 Å². The number of hydrogen-bond donors (Lipinski definition) is 10. The summed E-state index contributed by atoms with van der Waals surface area (Å²) in [5, 5.41) is 50.2. The molecule has 0 saturated heterocycles. The predicted molar refractivity (Wildman–Crippen MR) is 173 cm³/mol. The number of rotatable bonds is 23. The molecule has 0 atom stereocenters. The van der Waals surface area contributed by atoms with Crippen molar-refractivity contribution in [1.29, 1.82) is 21.6 Å². The summed E-state index contributed by atoms with van der Waals surface area (Å²) in [5.41, 5.74) is 0. The van der Waals surface area contributed by atoms with E-state index in [2.05, 4.69) is 59.6 Å². The van der Waals surface area contributed by atoms with E-state index in [0.717, 1.165) is 38.8 Å². The predicted octanol–water partition coefficient (Wildman–Crippen LogP) is 5.82. The standard InChI is InChI=1S/C30H64N10/c1-5-9-17-25(18-10-6-2)23-37-29(33)39-27(31)35-21-15-13-14-16-22-36-28(32)40-30(34)38-24-26(19-11-7-3)20-12-8-4/h25-26H,5-24H2,1-4H3,(H5,31,33,35,37,39)(H5,32,34,36,38,40). The van der Waals surface area contributed by atoms with E-state index < -0.39 is 0 Å². The van der Waals surface area contributed by atoms with Crippen LogP contribution in [0.3, 0.4) is 0 Å². The molecule has 0 saturated carbocycles. The van der Waals surface area contributed by atoms with Gasteiger partial charge >= 0.3 is 0 Å². The first-order chi connectivity index (χ1) is 19.4. The first-order valence-electron chi connectivity index (χ1n) is 16.2. The molecule has 0 rings (SSSR count). The van der Waals surface area contributed by atoms with Crippen LogP contribution in [0.2, 0.25) is 0 Å². The molecular weight excluding hydrogens is 500 g/mol. The summed E-state index contributed by atoms with van der Waals surface area (Å²) in [7, 11) is 0. The maximum absolute atomic E-state index is 8.08. The fourth-order valence-electron chi connectivity index (χ4n) is 4.62. The highest BCUT2D eigenvalue weighted by Crippen LogP contribution is 2.16. The summed E-state index contributed by atoms with van der Waals surface area (Å²) in [6.45, 7) is 11.8. The average Bonchev–Trinajstić information content (AvgIpc) is 2.93. The Morgan fingerprint density at radius 2 is 0.725 bits per heavy atom. The van der Waals surface area contributed by atoms with Crippen molar-refractivity contribution in [2.24, 2.45) is 11.8 Å². The maximum atomic E-state index is 8.08. The third-order valence-electron chi connectivity index (χ3n) is 7.21. The van der Waals surface area contributed by atoms with Crippen molar-refractivity contribution >= 4 is 23.8 Å². The molecular formula is C30H64N10. The first kappa shape index (κ1) is 37.5. The van der Waals surface area contributed by atoms with Crippen molar-refractivity contribution in [2.75, 3.05) is 26.2 Å². The van der Waals surface area contributed by atoms with Crippen molar-refractivity contribution in [3.63, 3.8) is 0 Å². The van der Waals surface area contributed by atoms with Crippen LogP contribution in [0.5, 0.6) is 0 Å². The molecule has 0 aliphatic carbocycles. The number of guanidine groups is 4. The Labute approximate surface area is 245 Å². The van der Waals surface area contributed by atoms with Gasteiger partial charge in [-0.2, -0.15) is 0 Å². The Morgan fingerprint density at radius 1 is 0.425 bits per heavy atom. The van der Waals surface area contributed by atoms with Gasteiger partial charge in [-0.05, 0) is 50.4 Å². The van der Waals surface area contributed by atoms with Crippen LogP contribution < -0.4 is 31.9 Å². The molecule has 0 fully saturated rings. The molecule has 0 aromatic rings. The Hall–Kier alpha value is -2.52. The summed E-state index contributed by atoms with van der Waals surface area (Å²) in [4.78, 5) is 0. The molecule has 0 aliphatic rings. The van der Waals surface area contributed by atoms with Crippen LogP contribution in [0.4, 0.5) is 0 Å². The van der Waals surface area contributed by atoms with Crippen LogP contribution in [0.1, 0.15) is 130 Å². The smallest absolute Gasteiger partial charge is 0.195 e. The SMILES string of the molecule is CCCCC(CCCC)CNC(=N)NC(=N)NCCCCCCNC(=N)NC(=N)NCC(CCCC)CCCC. The maximum Gasteiger partial charge on any atom is 0.195 e. The molecule has 10 N–H and O–H groups in total. The van der Waals surface area contributed by atoms with Gasteiger partial charge in [0.2, 0.25) is 0 Å². The Balaban J connectivity index is 3.86. The molecule has 234 valence electrons. The summed E-state index contributed by atoms with van der Waals surface area (Å²) < 4.78 is 0. The van der Waals surface area contributed by atoms with Gasteiger partial charge in [-0.3, -0.25) is 32.3 Å². The third-order valence-corrected chi connectivity index (χ3v) is 7.21. The number of nitrogens with one attached hydrogen (secondary N) is 10. The van der Waals surface area contributed by atoms with E-state index >= 15 is 0 Å². The fraction of sp³-hybridized carbons (Fsp3) is 0.867. The van der Waals surface area contributed by atoms with Gasteiger partial charge in [-0.1, -0.05) is 91.9 Å². The lowest BCUT2D eigenvalue weighted by Gasteiger charge is -2.19. The van der Waals surface area contributed by atoms with Crippen LogP contribution in [-0.4, -0.2) is 50.0 Å². The van der Waals surface area contributed by atoms with Gasteiger partial charge in [0.25, 0.3) is 0 Å². The molecule has 0 radical (unpaired) electrons. The Kier molecular flexibility index (Phi) is 25.0. The zero-order chi connectivity index (χ0) is 29.8. The van der Waals surface area contributed by atoms with Crippen LogP contribution in [0, 0.1) is 33.5 Å². The largest absolute Gasteiger partial charge is 0.356 e. The quantitative estimate of drug-likeness (QED) is 0.0426. The highest BCUT2D eigenvalue weighted by atomic mass is 15.2. The molecule has 10 heteroatoms. The van der Waals surface area contributed by atoms with Gasteiger partial charge in [-0.15, -0.1) is 0 Å². The van der Waals surface area contributed by atoms with Gasteiger partial charge in [-0.25, -0.2) is 0 Å². The molecule has 0 aromatic carbocycles. The lowest BCUT2D eigenvalue weighted by Crippen LogP contribution is -2.47. The van der Waals surface area contributed by atoms with Gasteiger partial charge in [0.15, 0.2) is 23.8 Å². The molecule has 0 heterocycles. The normalized spacial score (nSPS) is 10.8. The topological polar surface area (TPSA) is 168 Å². The first-order valence-corrected chi connectivity index (χ1v) is 16.2. The molecule has 0 aliphatic heterocycles. The minimum atomic E-state index is 0.162. The zero-order valence-corrected chi connectivity index (χ0v) is 26.3. The van der Waals surface area contributed by atoms with E-state index in [0.29, 0.717) is 24.9 Å². The molecule has 0 unspecified atom stereocenters. The molecule has 0 amide bonds. The molecule has 0 aromatic heterocycles. The Bertz CT molecular complexity index is 595. The van der Waals surface area contributed by atoms with E-state index in [-0.39, 0.29) is 23.8 Å². The van der Waals surface area contributed by atoms with Crippen molar-refractivity contribution in [1.82, 2.24) is 31.9 Å². The van der Waals surface area contributed by atoms with Gasteiger partial charge in [0.05, 0.1) is 0 Å². The van der Waals surface area contributed by atoms with Gasteiger partial charge < -0.3 is 21.3 Å². The third kappa shape index (κ3) is 23.4. The zero-order valence-electron chi connectivity index (χ0n) is 26.3. The second-order valence-electron chi connectivity index (χ2n) is 11.1. The van der Waals surface area contributed by atoms with Crippen molar-refractivity contribution in [3.8, 4) is 0 Å². The molecule has 40 heavy (non-hydrogen) atoms. The van der Waals surface area contributed by atoms with Crippen LogP contribution in [0.25, 0.3) is 0 Å². The number of unbranched alkanes of at least 4 members (excludes halogenated alkanes) is 7. The molecule has 10 nitrogen and oxygen atoms in total. The van der Waals surface area contributed by atoms with Crippen LogP contribution in [-0.2, 0) is 0 Å². The minimum absolute atomic E-state index is 0.162. The fourth-order valence-corrected chi connectivity index (χ4v) is 4.62. The van der Waals surface area contributed by atoms with E-state index in [1.807, 2.05) is 0 Å². The van der Waals surface area contributed by atoms with E-state index in [9.17, 15) is 0 Å². The lowest BCUT2D eigenvalue weighted by atomic mass is 9.96. The molecule has 0 spiro atoms. The monoisotopic (exact) mass is 565 g/mol. The van der Waals surface area contributed by atoms with Crippen molar-refractivity contribution in [3.05, 3.63) is 0 Å². The van der Waals surface area contributed by atoms with Crippen molar-refractivity contribution < 1.29 is 0 Å². The summed E-state index contributed by atoms with van der Waals surface area (Å²) in [5.74, 6) is 1.88. The highest BCUT2D eigenvalue weighted by molar-refractivity contribution is 5.96. The second kappa shape index (κ2) is 26.7. The van der Waals surface area contributed by atoms with Gasteiger partial charge in [0.1, 0.15) is 0 Å². The summed E-state index contributed by atoms with van der Waals surface area (Å²) >= 11 is 0. The highest BCUT2D eigenvalue weighted by Gasteiger charge is 2.10. The lowest BCUT2D eigenvalue weighted by molar-refractivity contribution is 0.414. The van der Waals surface area contributed by atoms with Crippen molar-refractivity contribution in [2.45, 2.75) is 130 Å². The average molecular weight is 565 g/mol.